The lowest BCUT2D eigenvalue weighted by molar-refractivity contribution is 0.0168. The molecule has 0 aliphatic carbocycles. The van der Waals surface area contributed by atoms with Gasteiger partial charge in [0, 0.05) is 5.56 Å². The monoisotopic (exact) mass is 502 g/mol. The van der Waals surface area contributed by atoms with E-state index < -0.39 is 21.5 Å². The molecule has 2 amide bonds. The molecule has 0 unspecified atom stereocenters. The Labute approximate surface area is 207 Å². The first-order valence-electron chi connectivity index (χ1n) is 11.8. The van der Waals surface area contributed by atoms with Crippen LogP contribution in [0.25, 0.3) is 0 Å². The van der Waals surface area contributed by atoms with Gasteiger partial charge in [-0.1, -0.05) is 32.0 Å². The van der Waals surface area contributed by atoms with Gasteiger partial charge in [0.15, 0.2) is 9.84 Å². The van der Waals surface area contributed by atoms with Crippen molar-refractivity contribution in [3.05, 3.63) is 64.7 Å². The Morgan fingerprint density at radius 2 is 1.80 bits per heavy atom. The van der Waals surface area contributed by atoms with Gasteiger partial charge in [-0.25, -0.2) is 13.2 Å². The van der Waals surface area contributed by atoms with Crippen molar-refractivity contribution in [1.29, 1.82) is 0 Å². The van der Waals surface area contributed by atoms with Crippen LogP contribution in [0.3, 0.4) is 0 Å². The molecule has 0 fully saturated rings. The molecule has 0 bridgehead atoms. The largest absolute Gasteiger partial charge is 0.444 e. The van der Waals surface area contributed by atoms with Gasteiger partial charge in [0.1, 0.15) is 5.60 Å². The summed E-state index contributed by atoms with van der Waals surface area (Å²) in [5, 5.41) is 12.7. The van der Waals surface area contributed by atoms with Crippen molar-refractivity contribution in [1.82, 2.24) is 10.2 Å². The molecule has 1 aliphatic rings. The molecule has 0 saturated carbocycles. The third-order valence-electron chi connectivity index (χ3n) is 6.01. The van der Waals surface area contributed by atoms with Crippen molar-refractivity contribution in [2.45, 2.75) is 70.2 Å². The van der Waals surface area contributed by atoms with Crippen molar-refractivity contribution in [2.75, 3.05) is 12.4 Å². The van der Waals surface area contributed by atoms with E-state index in [1.807, 2.05) is 33.8 Å². The first-order valence-corrected chi connectivity index (χ1v) is 13.4. The number of hydrogen-bond donors (Lipinski definition) is 2. The lowest BCUT2D eigenvalue weighted by Gasteiger charge is -2.28. The average molecular weight is 503 g/mol. The highest BCUT2D eigenvalue weighted by Crippen LogP contribution is 2.37. The number of aliphatic hydroxyl groups excluding tert-OH is 1. The molecule has 2 aromatic rings. The summed E-state index contributed by atoms with van der Waals surface area (Å²) in [6.45, 7) is 9.05. The Morgan fingerprint density at radius 3 is 2.34 bits per heavy atom. The van der Waals surface area contributed by atoms with Crippen LogP contribution in [0.15, 0.2) is 47.4 Å². The Morgan fingerprint density at radius 1 is 1.14 bits per heavy atom. The predicted molar refractivity (Wildman–Crippen MR) is 133 cm³/mol. The molecule has 8 nitrogen and oxygen atoms in total. The SMILES string of the molecule is CC[C@H]1c2ccc(C(=O)N[C@H](CO)c3ccc(S(=O)(=O)CC)cc3)cc2CN1C(=O)OC(C)(C)C. The van der Waals surface area contributed by atoms with E-state index in [2.05, 4.69) is 5.32 Å². The van der Waals surface area contributed by atoms with E-state index in [9.17, 15) is 23.1 Å². The molecule has 2 aromatic carbocycles. The number of nitrogens with zero attached hydrogens (tertiary/aromatic N) is 1. The van der Waals surface area contributed by atoms with Crippen LogP contribution in [0.4, 0.5) is 4.79 Å². The maximum Gasteiger partial charge on any atom is 0.411 e. The molecule has 190 valence electrons. The first kappa shape index (κ1) is 26.7. The van der Waals surface area contributed by atoms with E-state index >= 15 is 0 Å². The summed E-state index contributed by atoms with van der Waals surface area (Å²) < 4.78 is 29.6. The fraction of sp³-hybridized carbons (Fsp3) is 0.462. The Hall–Kier alpha value is -2.91. The van der Waals surface area contributed by atoms with Gasteiger partial charge in [-0.15, -0.1) is 0 Å². The van der Waals surface area contributed by atoms with E-state index in [4.69, 9.17) is 4.74 Å². The maximum absolute atomic E-state index is 13.0. The second kappa shape index (κ2) is 10.4. The fourth-order valence-electron chi connectivity index (χ4n) is 4.17. The van der Waals surface area contributed by atoms with Gasteiger partial charge in [0.05, 0.1) is 35.9 Å². The molecular formula is C26H34N2O6S. The molecule has 35 heavy (non-hydrogen) atoms. The first-order chi connectivity index (χ1) is 16.4. The lowest BCUT2D eigenvalue weighted by atomic mass is 10.00. The summed E-state index contributed by atoms with van der Waals surface area (Å²) in [4.78, 5) is 27.6. The number of sulfone groups is 1. The number of hydrogen-bond acceptors (Lipinski definition) is 6. The molecule has 9 heteroatoms. The minimum Gasteiger partial charge on any atom is -0.444 e. The average Bonchev–Trinajstić information content (AvgIpc) is 3.19. The number of fused-ring (bicyclic) bond motifs is 1. The van der Waals surface area contributed by atoms with Gasteiger partial charge < -0.3 is 15.2 Å². The molecule has 1 heterocycles. The van der Waals surface area contributed by atoms with Gasteiger partial charge in [0.2, 0.25) is 0 Å². The summed E-state index contributed by atoms with van der Waals surface area (Å²) in [6, 6.07) is 10.7. The number of amides is 2. The number of ether oxygens (including phenoxy) is 1. The molecule has 0 aromatic heterocycles. The maximum atomic E-state index is 13.0. The molecule has 1 aliphatic heterocycles. The van der Waals surface area contributed by atoms with Crippen molar-refractivity contribution >= 4 is 21.8 Å². The molecule has 2 atom stereocenters. The Balaban J connectivity index is 1.77. The van der Waals surface area contributed by atoms with Crippen LogP contribution in [0.5, 0.6) is 0 Å². The zero-order valence-electron chi connectivity index (χ0n) is 20.9. The third-order valence-corrected chi connectivity index (χ3v) is 7.76. The normalized spacial score (nSPS) is 16.5. The van der Waals surface area contributed by atoms with Crippen molar-refractivity contribution in [3.63, 3.8) is 0 Å². The lowest BCUT2D eigenvalue weighted by Crippen LogP contribution is -2.35. The van der Waals surface area contributed by atoms with Gasteiger partial charge in [-0.3, -0.25) is 9.69 Å². The molecule has 0 spiro atoms. The fourth-order valence-corrected chi connectivity index (χ4v) is 5.06. The topological polar surface area (TPSA) is 113 Å². The minimum atomic E-state index is -3.33. The van der Waals surface area contributed by atoms with Crippen LogP contribution in [0.2, 0.25) is 0 Å². The van der Waals surface area contributed by atoms with Gasteiger partial charge in [0.25, 0.3) is 5.91 Å². The summed E-state index contributed by atoms with van der Waals surface area (Å²) in [5.74, 6) is -0.379. The predicted octanol–water partition coefficient (Wildman–Crippen LogP) is 4.15. The third kappa shape index (κ3) is 6.02. The Kier molecular flexibility index (Phi) is 7.91. The van der Waals surface area contributed by atoms with Crippen LogP contribution in [-0.4, -0.2) is 48.4 Å². The van der Waals surface area contributed by atoms with Crippen LogP contribution >= 0.6 is 0 Å². The summed E-state index contributed by atoms with van der Waals surface area (Å²) >= 11 is 0. The quantitative estimate of drug-likeness (QED) is 0.588. The highest BCUT2D eigenvalue weighted by molar-refractivity contribution is 7.91. The number of nitrogens with one attached hydrogen (secondary N) is 1. The summed E-state index contributed by atoms with van der Waals surface area (Å²) in [5.41, 5.74) is 2.27. The van der Waals surface area contributed by atoms with E-state index in [1.165, 1.54) is 12.1 Å². The molecule has 0 saturated heterocycles. The number of benzene rings is 2. The molecule has 0 radical (unpaired) electrons. The summed E-state index contributed by atoms with van der Waals surface area (Å²) in [7, 11) is -3.33. The second-order valence-electron chi connectivity index (χ2n) is 9.63. The van der Waals surface area contributed by atoms with Gasteiger partial charge >= 0.3 is 6.09 Å². The molecule has 2 N–H and O–H groups in total. The number of aliphatic hydroxyl groups is 1. The van der Waals surface area contributed by atoms with Crippen LogP contribution in [0, 0.1) is 0 Å². The van der Waals surface area contributed by atoms with Crippen LogP contribution in [0.1, 0.15) is 80.2 Å². The zero-order chi connectivity index (χ0) is 26.0. The number of carbonyl (C=O) groups excluding carboxylic acids is 2. The van der Waals surface area contributed by atoms with Crippen LogP contribution in [-0.2, 0) is 21.1 Å². The van der Waals surface area contributed by atoms with E-state index in [1.54, 1.807) is 36.1 Å². The van der Waals surface area contributed by atoms with Gasteiger partial charge in [-0.05, 0) is 68.1 Å². The standard InChI is InChI=1S/C26H34N2O6S/c1-6-23-21-13-10-18(14-19(21)15-28(23)25(31)34-26(3,4)5)24(30)27-22(16-29)17-8-11-20(12-9-17)35(32,33)7-2/h8-14,22-23,29H,6-7,15-16H2,1-5H3,(H,27,30)/t22-,23+/m1/s1. The van der Waals surface area contributed by atoms with Crippen molar-refractivity contribution in [3.8, 4) is 0 Å². The highest BCUT2D eigenvalue weighted by atomic mass is 32.2. The molecule has 3 rings (SSSR count). The highest BCUT2D eigenvalue weighted by Gasteiger charge is 2.35. The van der Waals surface area contributed by atoms with Crippen molar-refractivity contribution < 1.29 is 27.9 Å². The molecular weight excluding hydrogens is 468 g/mol. The van der Waals surface area contributed by atoms with E-state index in [-0.39, 0.29) is 35.3 Å². The van der Waals surface area contributed by atoms with E-state index in [0.717, 1.165) is 11.1 Å². The van der Waals surface area contributed by atoms with Gasteiger partial charge in [-0.2, -0.15) is 0 Å². The van der Waals surface area contributed by atoms with Crippen molar-refractivity contribution in [2.24, 2.45) is 0 Å². The second-order valence-corrected chi connectivity index (χ2v) is 11.9. The minimum absolute atomic E-state index is 0.00488. The smallest absolute Gasteiger partial charge is 0.411 e. The van der Waals surface area contributed by atoms with E-state index in [0.29, 0.717) is 24.1 Å². The summed E-state index contributed by atoms with van der Waals surface area (Å²) in [6.07, 6.45) is 0.328. The van der Waals surface area contributed by atoms with Crippen LogP contribution < -0.4 is 5.32 Å². The Bertz CT molecular complexity index is 1190. The zero-order valence-corrected chi connectivity index (χ0v) is 21.7. The number of rotatable bonds is 7. The number of carbonyl (C=O) groups is 2.